The molecule has 2 aromatic heterocycles. The number of benzene rings is 2. The summed E-state index contributed by atoms with van der Waals surface area (Å²) in [4.78, 5) is 30.9. The number of hydrogen-bond acceptors (Lipinski definition) is 5. The van der Waals surface area contributed by atoms with E-state index in [9.17, 15) is 9.59 Å². The third-order valence-electron chi connectivity index (χ3n) is 6.37. The molecule has 0 bridgehead atoms. The molecule has 35 heavy (non-hydrogen) atoms. The van der Waals surface area contributed by atoms with Crippen molar-refractivity contribution in [1.82, 2.24) is 25.2 Å². The molecule has 0 aliphatic carbocycles. The first kappa shape index (κ1) is 23.0. The number of nitrogens with zero attached hydrogens (tertiary/aromatic N) is 4. The van der Waals surface area contributed by atoms with E-state index in [4.69, 9.17) is 0 Å². The predicted molar refractivity (Wildman–Crippen MR) is 135 cm³/mol. The van der Waals surface area contributed by atoms with Crippen molar-refractivity contribution in [3.05, 3.63) is 106 Å². The Morgan fingerprint density at radius 2 is 1.74 bits per heavy atom. The molecule has 178 valence electrons. The maximum atomic E-state index is 13.6. The van der Waals surface area contributed by atoms with Crippen molar-refractivity contribution in [3.8, 4) is 0 Å². The number of carbonyl (C=O) groups excluding carboxylic acids is 2. The summed E-state index contributed by atoms with van der Waals surface area (Å²) in [6.45, 7) is 1.46. The molecule has 1 atom stereocenters. The first-order chi connectivity index (χ1) is 17.1. The number of carbonyl (C=O) groups is 2. The topological polar surface area (TPSA) is 80.1 Å². The molecule has 8 heteroatoms. The van der Waals surface area contributed by atoms with E-state index in [0.717, 1.165) is 17.5 Å². The van der Waals surface area contributed by atoms with E-state index in [1.54, 1.807) is 27.2 Å². The quantitative estimate of drug-likeness (QED) is 0.349. The molecule has 0 saturated carbocycles. The maximum absolute atomic E-state index is 13.6. The average molecular weight is 486 g/mol. The van der Waals surface area contributed by atoms with Crippen LogP contribution >= 0.6 is 11.3 Å². The lowest BCUT2D eigenvalue weighted by Crippen LogP contribution is -2.71. The van der Waals surface area contributed by atoms with Gasteiger partial charge in [-0.2, -0.15) is 15.0 Å². The molecule has 1 saturated heterocycles. The van der Waals surface area contributed by atoms with Crippen molar-refractivity contribution in [3.63, 3.8) is 0 Å². The third-order valence-corrected chi connectivity index (χ3v) is 7.30. The number of rotatable bonds is 10. The molecule has 0 unspecified atom stereocenters. The summed E-state index contributed by atoms with van der Waals surface area (Å²) in [5, 5.41) is 14.1. The molecule has 2 amide bonds. The molecule has 2 aromatic carbocycles. The number of amides is 2. The largest absolute Gasteiger partial charge is 0.350 e. The van der Waals surface area contributed by atoms with Gasteiger partial charge in [0.2, 0.25) is 11.8 Å². The summed E-state index contributed by atoms with van der Waals surface area (Å²) in [6, 6.07) is 23.8. The Morgan fingerprint density at radius 1 is 1.00 bits per heavy atom. The van der Waals surface area contributed by atoms with E-state index < -0.39 is 5.54 Å². The lowest BCUT2D eigenvalue weighted by molar-refractivity contribution is -0.166. The Balaban J connectivity index is 1.34. The minimum Gasteiger partial charge on any atom is -0.350 e. The summed E-state index contributed by atoms with van der Waals surface area (Å²) >= 11 is 1.66. The monoisotopic (exact) mass is 485 g/mol. The van der Waals surface area contributed by atoms with E-state index in [0.29, 0.717) is 31.7 Å². The Bertz CT molecular complexity index is 1270. The first-order valence-electron chi connectivity index (χ1n) is 11.7. The fourth-order valence-electron chi connectivity index (χ4n) is 4.52. The van der Waals surface area contributed by atoms with Gasteiger partial charge in [0.1, 0.15) is 5.54 Å². The fourth-order valence-corrected chi connectivity index (χ4v) is 5.22. The van der Waals surface area contributed by atoms with Gasteiger partial charge in [-0.25, -0.2) is 0 Å². The smallest absolute Gasteiger partial charge is 0.247 e. The molecule has 1 aliphatic rings. The summed E-state index contributed by atoms with van der Waals surface area (Å²) in [5.41, 5.74) is 1.85. The number of hydrogen-bond donors (Lipinski definition) is 1. The van der Waals surface area contributed by atoms with Crippen molar-refractivity contribution in [2.45, 2.75) is 37.9 Å². The van der Waals surface area contributed by atoms with E-state index >= 15 is 0 Å². The van der Waals surface area contributed by atoms with Crippen molar-refractivity contribution < 1.29 is 9.59 Å². The van der Waals surface area contributed by atoms with Crippen molar-refractivity contribution in [1.29, 1.82) is 0 Å². The molecular formula is C27H27N5O2S. The highest BCUT2D eigenvalue weighted by atomic mass is 32.1. The first-order valence-corrected chi connectivity index (χ1v) is 12.6. The van der Waals surface area contributed by atoms with Crippen LogP contribution in [0.2, 0.25) is 0 Å². The number of likely N-dealkylation sites (tertiary alicyclic amines) is 1. The van der Waals surface area contributed by atoms with Crippen LogP contribution in [0.4, 0.5) is 0 Å². The van der Waals surface area contributed by atoms with Gasteiger partial charge >= 0.3 is 0 Å². The molecule has 1 aliphatic heterocycles. The van der Waals surface area contributed by atoms with Crippen LogP contribution in [0.3, 0.4) is 0 Å². The maximum Gasteiger partial charge on any atom is 0.247 e. The number of nitrogens with one attached hydrogen (secondary N) is 1. The summed E-state index contributed by atoms with van der Waals surface area (Å²) in [5.74, 6) is -0.155. The minimum atomic E-state index is -0.962. The molecule has 1 fully saturated rings. The summed E-state index contributed by atoms with van der Waals surface area (Å²) in [7, 11) is 0. The molecular weight excluding hydrogens is 458 g/mol. The van der Waals surface area contributed by atoms with Crippen LogP contribution < -0.4 is 5.32 Å². The van der Waals surface area contributed by atoms with Crippen molar-refractivity contribution in [2.75, 3.05) is 6.54 Å². The van der Waals surface area contributed by atoms with Crippen LogP contribution in [-0.4, -0.2) is 43.8 Å². The van der Waals surface area contributed by atoms with Crippen LogP contribution in [-0.2, 0) is 35.5 Å². The second-order valence-electron chi connectivity index (χ2n) is 8.78. The Hall–Kier alpha value is -3.78. The number of aromatic nitrogens is 3. The Morgan fingerprint density at radius 3 is 2.43 bits per heavy atom. The predicted octanol–water partition coefficient (Wildman–Crippen LogP) is 3.46. The van der Waals surface area contributed by atoms with Crippen molar-refractivity contribution >= 4 is 23.2 Å². The average Bonchev–Trinajstić information content (AvgIpc) is 3.55. The molecule has 0 spiro atoms. The van der Waals surface area contributed by atoms with Gasteiger partial charge in [-0.1, -0.05) is 66.7 Å². The zero-order chi connectivity index (χ0) is 24.1. The SMILES string of the molecule is O=C1C[C@@](Cc2cnn(Cc3ccccc3)n2)(C(=O)NCc2ccccc2)N1CCc1cccs1. The molecule has 0 radical (unpaired) electrons. The fraction of sp³-hybridized carbons (Fsp3) is 0.259. The lowest BCUT2D eigenvalue weighted by Gasteiger charge is -2.50. The normalized spacial score (nSPS) is 17.3. The Kier molecular flexibility index (Phi) is 6.72. The minimum absolute atomic E-state index is 0.00639. The highest BCUT2D eigenvalue weighted by Crippen LogP contribution is 2.36. The summed E-state index contributed by atoms with van der Waals surface area (Å²) in [6.07, 6.45) is 2.93. The third kappa shape index (κ3) is 5.17. The second-order valence-corrected chi connectivity index (χ2v) is 9.81. The Labute approximate surface area is 208 Å². The molecule has 7 nitrogen and oxygen atoms in total. The zero-order valence-electron chi connectivity index (χ0n) is 19.3. The second kappa shape index (κ2) is 10.2. The van der Waals surface area contributed by atoms with Gasteiger partial charge < -0.3 is 10.2 Å². The standard InChI is InChI=1S/C27H27N5O2S/c33-25-17-27(31(25)14-13-24-12-7-15-35-24,26(34)28-18-21-8-3-1-4-9-21)16-23-19-29-32(30-23)20-22-10-5-2-6-11-22/h1-12,15,19H,13-14,16-18,20H2,(H,28,34)/t27-/m0/s1. The van der Waals surface area contributed by atoms with E-state index in [1.165, 1.54) is 4.88 Å². The van der Waals surface area contributed by atoms with E-state index in [2.05, 4.69) is 21.6 Å². The van der Waals surface area contributed by atoms with Gasteiger partial charge in [0.05, 0.1) is 24.9 Å². The van der Waals surface area contributed by atoms with Gasteiger partial charge in [0.25, 0.3) is 0 Å². The van der Waals surface area contributed by atoms with E-state index in [-0.39, 0.29) is 18.2 Å². The number of β-lactam (4-membered cyclic amide) rings is 1. The van der Waals surface area contributed by atoms with Crippen LogP contribution in [0.5, 0.6) is 0 Å². The van der Waals surface area contributed by atoms with Crippen LogP contribution in [0.25, 0.3) is 0 Å². The van der Waals surface area contributed by atoms with Gasteiger partial charge in [0, 0.05) is 24.4 Å². The highest BCUT2D eigenvalue weighted by Gasteiger charge is 2.56. The number of thiophene rings is 1. The summed E-state index contributed by atoms with van der Waals surface area (Å²) < 4.78 is 0. The molecule has 5 rings (SSSR count). The molecule has 1 N–H and O–H groups in total. The van der Waals surface area contributed by atoms with E-state index in [1.807, 2.05) is 72.1 Å². The van der Waals surface area contributed by atoms with Gasteiger partial charge in [-0.3, -0.25) is 9.59 Å². The zero-order valence-corrected chi connectivity index (χ0v) is 20.2. The van der Waals surface area contributed by atoms with Gasteiger partial charge in [0.15, 0.2) is 0 Å². The van der Waals surface area contributed by atoms with Crippen LogP contribution in [0.15, 0.2) is 84.4 Å². The lowest BCUT2D eigenvalue weighted by atomic mass is 9.78. The highest BCUT2D eigenvalue weighted by molar-refractivity contribution is 7.09. The van der Waals surface area contributed by atoms with Gasteiger partial charge in [-0.15, -0.1) is 11.3 Å². The van der Waals surface area contributed by atoms with Crippen LogP contribution in [0.1, 0.15) is 28.1 Å². The molecule has 3 heterocycles. The van der Waals surface area contributed by atoms with Crippen molar-refractivity contribution in [2.24, 2.45) is 0 Å². The van der Waals surface area contributed by atoms with Gasteiger partial charge in [-0.05, 0) is 29.0 Å². The van der Waals surface area contributed by atoms with Crippen LogP contribution in [0, 0.1) is 0 Å². The molecule has 4 aromatic rings.